The molecule has 1 aromatic rings. The van der Waals surface area contributed by atoms with Gasteiger partial charge in [0.25, 0.3) is 10.0 Å². The largest absolute Gasteiger partial charge is 0.477 e. The Balaban J connectivity index is 1.72. The second-order valence-electron chi connectivity index (χ2n) is 7.20. The summed E-state index contributed by atoms with van der Waals surface area (Å²) in [5.41, 5.74) is 0.539. The van der Waals surface area contributed by atoms with Gasteiger partial charge < -0.3 is 15.1 Å². The number of hydrogen-bond donors (Lipinski definition) is 2. The molecule has 4 unspecified atom stereocenters. The van der Waals surface area contributed by atoms with Crippen molar-refractivity contribution in [3.05, 3.63) is 41.1 Å². The van der Waals surface area contributed by atoms with Crippen molar-refractivity contribution < 1.29 is 28.2 Å². The van der Waals surface area contributed by atoms with Gasteiger partial charge in [0.2, 0.25) is 5.91 Å². The van der Waals surface area contributed by atoms with Crippen LogP contribution in [0.15, 0.2) is 45.5 Å². The molecule has 1 fully saturated rings. The summed E-state index contributed by atoms with van der Waals surface area (Å²) >= 11 is 0. The number of aliphatic hydroxyl groups excluding tert-OH is 1. The van der Waals surface area contributed by atoms with Crippen molar-refractivity contribution in [2.45, 2.75) is 30.9 Å². The third-order valence-electron chi connectivity index (χ3n) is 5.62. The summed E-state index contributed by atoms with van der Waals surface area (Å²) < 4.78 is 26.7. The zero-order chi connectivity index (χ0) is 20.4. The Hall–Kier alpha value is -2.72. The number of benzene rings is 1. The van der Waals surface area contributed by atoms with Crippen LogP contribution in [0.4, 0.5) is 0 Å². The highest BCUT2D eigenvalue weighted by molar-refractivity contribution is 7.89. The summed E-state index contributed by atoms with van der Waals surface area (Å²) in [6, 6.07) is 5.90. The van der Waals surface area contributed by atoms with E-state index in [-0.39, 0.29) is 17.1 Å². The number of carbonyl (C=O) groups excluding carboxylic acids is 1. The van der Waals surface area contributed by atoms with Gasteiger partial charge in [0.1, 0.15) is 5.70 Å². The minimum atomic E-state index is -3.95. The first-order valence-corrected chi connectivity index (χ1v) is 10.2. The van der Waals surface area contributed by atoms with Gasteiger partial charge in [0.05, 0.1) is 35.7 Å². The van der Waals surface area contributed by atoms with Crippen LogP contribution in [0.1, 0.15) is 19.4 Å². The number of carbonyl (C=O) groups is 2. The highest BCUT2D eigenvalue weighted by atomic mass is 32.2. The number of nitrogens with zero attached hydrogens (tertiary/aromatic N) is 3. The molecule has 0 saturated carbocycles. The van der Waals surface area contributed by atoms with Crippen molar-refractivity contribution in [3.63, 3.8) is 0 Å². The number of aliphatic hydroxyl groups is 1. The molecule has 3 aliphatic heterocycles. The van der Waals surface area contributed by atoms with E-state index in [0.717, 1.165) is 9.31 Å². The van der Waals surface area contributed by atoms with Gasteiger partial charge >= 0.3 is 5.97 Å². The van der Waals surface area contributed by atoms with Crippen molar-refractivity contribution in [1.82, 2.24) is 9.31 Å². The number of carboxylic acid groups (broad SMARTS) is 1. The standard InChI is InChI=1S/C18H19N3O6S/c1-9-12(16(18(24)25)21-15(9)14(10(2)22)17(21)23)8-20-19-7-11-5-3-4-6-13(11)28(20,26)27/h3-7,9-10,14-15,22H,8H2,1-2H3,(H,24,25). The third-order valence-corrected chi connectivity index (χ3v) is 7.33. The van der Waals surface area contributed by atoms with Crippen LogP contribution in [-0.4, -0.2) is 64.7 Å². The van der Waals surface area contributed by atoms with Crippen LogP contribution in [0.5, 0.6) is 0 Å². The highest BCUT2D eigenvalue weighted by Gasteiger charge is 2.60. The van der Waals surface area contributed by atoms with Crippen molar-refractivity contribution in [1.29, 1.82) is 0 Å². The van der Waals surface area contributed by atoms with Gasteiger partial charge in [-0.15, -0.1) is 0 Å². The van der Waals surface area contributed by atoms with E-state index in [1.807, 2.05) is 0 Å². The van der Waals surface area contributed by atoms with E-state index >= 15 is 0 Å². The fourth-order valence-electron chi connectivity index (χ4n) is 4.25. The Morgan fingerprint density at radius 1 is 1.32 bits per heavy atom. The van der Waals surface area contributed by atoms with Crippen molar-refractivity contribution in [3.8, 4) is 0 Å². The molecule has 0 radical (unpaired) electrons. The molecule has 148 valence electrons. The van der Waals surface area contributed by atoms with Gasteiger partial charge in [0, 0.05) is 11.5 Å². The molecule has 3 heterocycles. The monoisotopic (exact) mass is 405 g/mol. The zero-order valence-corrected chi connectivity index (χ0v) is 16.0. The average Bonchev–Trinajstić information content (AvgIpc) is 2.86. The van der Waals surface area contributed by atoms with Crippen LogP contribution in [0, 0.1) is 11.8 Å². The molecule has 2 N–H and O–H groups in total. The fraction of sp³-hybridized carbons (Fsp3) is 0.389. The number of carboxylic acids is 1. The number of β-lactam (4-membered cyclic amide) rings is 1. The number of hydrazone groups is 1. The molecule has 1 aromatic carbocycles. The molecular weight excluding hydrogens is 386 g/mol. The first-order valence-electron chi connectivity index (χ1n) is 8.79. The fourth-order valence-corrected chi connectivity index (χ4v) is 5.63. The lowest BCUT2D eigenvalue weighted by Gasteiger charge is -2.46. The molecule has 1 amide bonds. The molecule has 4 atom stereocenters. The lowest BCUT2D eigenvalue weighted by atomic mass is 9.78. The lowest BCUT2D eigenvalue weighted by molar-refractivity contribution is -0.163. The van der Waals surface area contributed by atoms with Gasteiger partial charge in [-0.2, -0.15) is 17.9 Å². The maximum Gasteiger partial charge on any atom is 0.352 e. The maximum atomic E-state index is 12.9. The van der Waals surface area contributed by atoms with Gasteiger partial charge in [-0.05, 0) is 18.6 Å². The summed E-state index contributed by atoms with van der Waals surface area (Å²) in [7, 11) is -3.95. The maximum absolute atomic E-state index is 12.9. The van der Waals surface area contributed by atoms with E-state index in [1.54, 1.807) is 25.1 Å². The number of amides is 1. The Kier molecular flexibility index (Phi) is 4.09. The Labute approximate surface area is 161 Å². The summed E-state index contributed by atoms with van der Waals surface area (Å²) in [6.07, 6.45) is 0.490. The van der Waals surface area contributed by atoms with E-state index in [9.17, 15) is 28.2 Å². The number of rotatable bonds is 4. The van der Waals surface area contributed by atoms with E-state index in [0.29, 0.717) is 11.1 Å². The smallest absolute Gasteiger partial charge is 0.352 e. The van der Waals surface area contributed by atoms with Crippen molar-refractivity contribution in [2.24, 2.45) is 16.9 Å². The minimum absolute atomic E-state index is 0.0920. The quantitative estimate of drug-likeness (QED) is 0.690. The minimum Gasteiger partial charge on any atom is -0.477 e. The summed E-state index contributed by atoms with van der Waals surface area (Å²) in [5, 5.41) is 23.6. The Morgan fingerprint density at radius 2 is 2.00 bits per heavy atom. The molecule has 0 bridgehead atoms. The molecule has 9 nitrogen and oxygen atoms in total. The molecule has 10 heteroatoms. The second kappa shape index (κ2) is 6.14. The van der Waals surface area contributed by atoms with Crippen LogP contribution in [0.2, 0.25) is 0 Å². The topological polar surface area (TPSA) is 128 Å². The van der Waals surface area contributed by atoms with E-state index in [2.05, 4.69) is 5.10 Å². The van der Waals surface area contributed by atoms with Crippen molar-refractivity contribution >= 4 is 28.1 Å². The number of fused-ring (bicyclic) bond motifs is 2. The van der Waals surface area contributed by atoms with Crippen LogP contribution in [-0.2, 0) is 19.6 Å². The van der Waals surface area contributed by atoms with Crippen LogP contribution >= 0.6 is 0 Å². The van der Waals surface area contributed by atoms with Crippen LogP contribution in [0.3, 0.4) is 0 Å². The number of sulfonamides is 1. The van der Waals surface area contributed by atoms with E-state index in [4.69, 9.17) is 0 Å². The average molecular weight is 405 g/mol. The van der Waals surface area contributed by atoms with Gasteiger partial charge in [-0.1, -0.05) is 25.1 Å². The van der Waals surface area contributed by atoms with E-state index < -0.39 is 45.9 Å². The van der Waals surface area contributed by atoms with Gasteiger partial charge in [0.15, 0.2) is 0 Å². The summed E-state index contributed by atoms with van der Waals surface area (Å²) in [5.74, 6) is -2.90. The molecule has 1 saturated heterocycles. The second-order valence-corrected chi connectivity index (χ2v) is 9.01. The Bertz CT molecular complexity index is 1050. The molecule has 4 rings (SSSR count). The summed E-state index contributed by atoms with van der Waals surface area (Å²) in [6.45, 7) is 2.95. The molecule has 3 aliphatic rings. The zero-order valence-electron chi connectivity index (χ0n) is 15.2. The third kappa shape index (κ3) is 2.41. The van der Waals surface area contributed by atoms with Crippen LogP contribution < -0.4 is 0 Å². The van der Waals surface area contributed by atoms with Crippen molar-refractivity contribution in [2.75, 3.05) is 6.54 Å². The molecule has 0 aliphatic carbocycles. The number of hydrogen-bond acceptors (Lipinski definition) is 6. The normalized spacial score (nSPS) is 28.7. The molecular formula is C18H19N3O6S. The highest BCUT2D eigenvalue weighted by Crippen LogP contribution is 2.47. The summed E-state index contributed by atoms with van der Waals surface area (Å²) in [4.78, 5) is 25.5. The molecule has 0 aromatic heterocycles. The van der Waals surface area contributed by atoms with Gasteiger partial charge in [-0.3, -0.25) is 4.79 Å². The lowest BCUT2D eigenvalue weighted by Crippen LogP contribution is -2.63. The van der Waals surface area contributed by atoms with Gasteiger partial charge in [-0.25, -0.2) is 4.79 Å². The number of aliphatic carboxylic acids is 1. The molecule has 28 heavy (non-hydrogen) atoms. The first kappa shape index (κ1) is 18.6. The van der Waals surface area contributed by atoms with E-state index in [1.165, 1.54) is 19.2 Å². The predicted octanol–water partition coefficient (Wildman–Crippen LogP) is 0.221. The Morgan fingerprint density at radius 3 is 2.64 bits per heavy atom. The SMILES string of the molecule is CC(O)C1C(=O)N2C(C(=O)O)=C(CN3N=Cc4ccccc4S3(=O)=O)C(C)C12. The molecule has 0 spiro atoms. The van der Waals surface area contributed by atoms with Crippen LogP contribution in [0.25, 0.3) is 0 Å². The predicted molar refractivity (Wildman–Crippen MR) is 97.6 cm³/mol. The first-order chi connectivity index (χ1) is 13.2.